The predicted molar refractivity (Wildman–Crippen MR) is 120 cm³/mol. The van der Waals surface area contributed by atoms with Crippen LogP contribution >= 0.6 is 11.6 Å². The molecule has 5 fully saturated rings. The first-order chi connectivity index (χ1) is 15.6. The van der Waals surface area contributed by atoms with Crippen molar-refractivity contribution >= 4 is 17.5 Å². The maximum absolute atomic E-state index is 13.5. The number of nitrogens with zero attached hydrogens (tertiary/aromatic N) is 2. The predicted octanol–water partition coefficient (Wildman–Crippen LogP) is 1.65. The fourth-order valence-corrected chi connectivity index (χ4v) is 6.32. The van der Waals surface area contributed by atoms with Gasteiger partial charge in [-0.05, 0) is 51.7 Å². The Balaban J connectivity index is 1.09. The lowest BCUT2D eigenvalue weighted by molar-refractivity contribution is -0.225. The van der Waals surface area contributed by atoms with Gasteiger partial charge in [-0.25, -0.2) is 14.8 Å². The first kappa shape index (κ1) is 23.3. The molecule has 8 nitrogen and oxygen atoms in total. The smallest absolute Gasteiger partial charge is 0.258 e. The number of halogens is 2. The Morgan fingerprint density at radius 2 is 2.09 bits per heavy atom. The van der Waals surface area contributed by atoms with Gasteiger partial charge in [0.2, 0.25) is 0 Å². The van der Waals surface area contributed by atoms with Crippen LogP contribution in [-0.4, -0.2) is 82.7 Å². The SMILES string of the molecule is CC1NN(C)C(C)C1OC1CCN(C23CC(NC(=O)COc4ccc(Cl)c(F)c4)(C2)C3)C1O. The Morgan fingerprint density at radius 1 is 1.36 bits per heavy atom. The highest BCUT2D eigenvalue weighted by Crippen LogP contribution is 2.64. The molecule has 5 aliphatic rings. The van der Waals surface area contributed by atoms with Crippen molar-refractivity contribution in [1.82, 2.24) is 20.7 Å². The van der Waals surface area contributed by atoms with Gasteiger partial charge >= 0.3 is 0 Å². The lowest BCUT2D eigenvalue weighted by atomic mass is 9.43. The van der Waals surface area contributed by atoms with Crippen molar-refractivity contribution in [3.05, 3.63) is 29.0 Å². The Morgan fingerprint density at radius 3 is 2.73 bits per heavy atom. The van der Waals surface area contributed by atoms with Gasteiger partial charge in [-0.3, -0.25) is 9.69 Å². The zero-order valence-corrected chi connectivity index (χ0v) is 19.9. The number of nitrogens with one attached hydrogen (secondary N) is 2. The van der Waals surface area contributed by atoms with Crippen LogP contribution in [0.4, 0.5) is 4.39 Å². The van der Waals surface area contributed by atoms with Gasteiger partial charge in [-0.15, -0.1) is 0 Å². The summed E-state index contributed by atoms with van der Waals surface area (Å²) in [6.07, 6.45) is 2.42. The van der Waals surface area contributed by atoms with E-state index in [-0.39, 0.29) is 58.7 Å². The van der Waals surface area contributed by atoms with Gasteiger partial charge < -0.3 is 19.9 Å². The van der Waals surface area contributed by atoms with Crippen molar-refractivity contribution in [3.8, 4) is 5.75 Å². The van der Waals surface area contributed by atoms with Gasteiger partial charge in [0.25, 0.3) is 5.91 Å². The van der Waals surface area contributed by atoms with E-state index in [0.29, 0.717) is 0 Å². The summed E-state index contributed by atoms with van der Waals surface area (Å²) >= 11 is 5.66. The zero-order chi connectivity index (χ0) is 23.5. The highest BCUT2D eigenvalue weighted by molar-refractivity contribution is 6.30. The van der Waals surface area contributed by atoms with Gasteiger partial charge in [0.1, 0.15) is 17.8 Å². The van der Waals surface area contributed by atoms with Crippen LogP contribution in [0.2, 0.25) is 5.02 Å². The fraction of sp³-hybridized carbons (Fsp3) is 0.696. The third-order valence-electron chi connectivity index (χ3n) is 7.90. The minimum atomic E-state index is -0.632. The lowest BCUT2D eigenvalue weighted by Gasteiger charge is -2.73. The standard InChI is InChI=1S/C23H32ClFN4O4/c1-13-20(14(2)28(3)27-13)33-18-6-7-29(21(18)31)23-10-22(11-23,12-23)26-19(30)9-32-15-4-5-16(24)17(25)8-15/h4-5,8,13-14,18,20-21,27,31H,6-7,9-12H2,1-3H3,(H,26,30). The van der Waals surface area contributed by atoms with E-state index in [4.69, 9.17) is 21.1 Å². The minimum absolute atomic E-state index is 0.0129. The quantitative estimate of drug-likeness (QED) is 0.545. The Hall–Kier alpha value is -1.49. The number of hydrogen-bond acceptors (Lipinski definition) is 7. The molecule has 5 atom stereocenters. The van der Waals surface area contributed by atoms with Crippen molar-refractivity contribution in [1.29, 1.82) is 0 Å². The maximum Gasteiger partial charge on any atom is 0.258 e. The Kier molecular flexibility index (Phi) is 5.86. The number of amides is 1. The van der Waals surface area contributed by atoms with Crippen LogP contribution < -0.4 is 15.5 Å². The average Bonchev–Trinajstić information content (AvgIpc) is 3.18. The molecule has 2 saturated heterocycles. The molecule has 33 heavy (non-hydrogen) atoms. The number of carbonyl (C=O) groups is 1. The zero-order valence-electron chi connectivity index (χ0n) is 19.2. The summed E-state index contributed by atoms with van der Waals surface area (Å²) in [5.74, 6) is -0.551. The van der Waals surface area contributed by atoms with Gasteiger partial charge in [0.05, 0.1) is 17.2 Å². The average molecular weight is 483 g/mol. The summed E-state index contributed by atoms with van der Waals surface area (Å²) in [5, 5.41) is 16.2. The molecule has 5 unspecified atom stereocenters. The summed E-state index contributed by atoms with van der Waals surface area (Å²) in [4.78, 5) is 14.5. The summed E-state index contributed by atoms with van der Waals surface area (Å²) in [7, 11) is 2.01. The number of aliphatic hydroxyl groups is 1. The third kappa shape index (κ3) is 4.02. The number of likely N-dealkylation sites (N-methyl/N-ethyl adjacent to an activating group) is 1. The maximum atomic E-state index is 13.5. The van der Waals surface area contributed by atoms with Gasteiger partial charge in [0.15, 0.2) is 6.61 Å². The summed E-state index contributed by atoms with van der Waals surface area (Å²) in [5.41, 5.74) is 3.07. The highest BCUT2D eigenvalue weighted by atomic mass is 35.5. The number of hydrazine groups is 1. The highest BCUT2D eigenvalue weighted by Gasteiger charge is 2.72. The number of ether oxygens (including phenoxy) is 2. The molecule has 1 aromatic carbocycles. The van der Waals surface area contributed by atoms with Crippen molar-refractivity contribution in [3.63, 3.8) is 0 Å². The van der Waals surface area contributed by atoms with Crippen LogP contribution in [0.3, 0.4) is 0 Å². The van der Waals surface area contributed by atoms with Gasteiger partial charge in [0, 0.05) is 42.8 Å². The normalized spacial score (nSPS) is 40.4. The van der Waals surface area contributed by atoms with E-state index in [2.05, 4.69) is 34.5 Å². The molecule has 2 bridgehead atoms. The molecule has 6 rings (SSSR count). The Bertz CT molecular complexity index is 916. The van der Waals surface area contributed by atoms with Crippen LogP contribution in [0.15, 0.2) is 18.2 Å². The van der Waals surface area contributed by atoms with Crippen LogP contribution in [0.5, 0.6) is 5.75 Å². The number of likely N-dealkylation sites (tertiary alicyclic amines) is 1. The van der Waals surface area contributed by atoms with E-state index in [1.165, 1.54) is 18.2 Å². The number of benzene rings is 1. The van der Waals surface area contributed by atoms with Crippen LogP contribution in [0, 0.1) is 5.82 Å². The van der Waals surface area contributed by atoms with Crippen molar-refractivity contribution in [2.24, 2.45) is 0 Å². The first-order valence-corrected chi connectivity index (χ1v) is 12.0. The second-order valence-electron chi connectivity index (χ2n) is 10.3. The van der Waals surface area contributed by atoms with E-state index in [1.54, 1.807) is 0 Å². The fourth-order valence-electron chi connectivity index (χ4n) is 6.21. The molecule has 3 N–H and O–H groups in total. The molecule has 0 spiro atoms. The van der Waals surface area contributed by atoms with Crippen molar-refractivity contribution in [2.75, 3.05) is 20.2 Å². The summed E-state index contributed by atoms with van der Waals surface area (Å²) in [6.45, 7) is 4.84. The van der Waals surface area contributed by atoms with E-state index >= 15 is 0 Å². The lowest BCUT2D eigenvalue weighted by Crippen LogP contribution is -2.84. The first-order valence-electron chi connectivity index (χ1n) is 11.6. The number of hydrogen-bond donors (Lipinski definition) is 3. The number of carbonyl (C=O) groups excluding carboxylic acids is 1. The van der Waals surface area contributed by atoms with Crippen LogP contribution in [0.1, 0.15) is 39.5 Å². The number of aliphatic hydroxyl groups excluding tert-OH is 1. The monoisotopic (exact) mass is 482 g/mol. The summed E-state index contributed by atoms with van der Waals surface area (Å²) < 4.78 is 25.3. The van der Waals surface area contributed by atoms with Crippen molar-refractivity contribution < 1.29 is 23.8 Å². The third-order valence-corrected chi connectivity index (χ3v) is 8.21. The molecule has 1 aromatic rings. The van der Waals surface area contributed by atoms with E-state index in [9.17, 15) is 14.3 Å². The molecular formula is C23H32ClFN4O4. The molecule has 0 aromatic heterocycles. The molecular weight excluding hydrogens is 451 g/mol. The molecule has 0 radical (unpaired) electrons. The largest absolute Gasteiger partial charge is 0.484 e. The van der Waals surface area contributed by atoms with E-state index in [1.807, 2.05) is 7.05 Å². The second kappa shape index (κ2) is 8.32. The van der Waals surface area contributed by atoms with Crippen LogP contribution in [0.25, 0.3) is 0 Å². The molecule has 1 amide bonds. The molecule has 10 heteroatoms. The topological polar surface area (TPSA) is 86.3 Å². The minimum Gasteiger partial charge on any atom is -0.484 e. The van der Waals surface area contributed by atoms with Gasteiger partial charge in [-0.1, -0.05) is 11.6 Å². The second-order valence-corrected chi connectivity index (χ2v) is 10.7. The molecule has 2 heterocycles. The molecule has 2 aliphatic heterocycles. The molecule has 3 saturated carbocycles. The summed E-state index contributed by atoms with van der Waals surface area (Å²) in [6, 6.07) is 4.53. The molecule has 182 valence electrons. The van der Waals surface area contributed by atoms with E-state index < -0.39 is 12.0 Å². The Labute approximate surface area is 198 Å². The van der Waals surface area contributed by atoms with E-state index in [0.717, 1.165) is 32.2 Å². The van der Waals surface area contributed by atoms with Crippen molar-refractivity contribution in [2.45, 2.75) is 81.1 Å². The number of rotatable bonds is 7. The van der Waals surface area contributed by atoms with Gasteiger partial charge in [-0.2, -0.15) is 0 Å². The molecule has 3 aliphatic carbocycles. The van der Waals surface area contributed by atoms with Crippen LogP contribution in [-0.2, 0) is 9.53 Å².